The number of aromatic nitrogens is 5. The summed E-state index contributed by atoms with van der Waals surface area (Å²) in [5.41, 5.74) is 0.793. The average Bonchev–Trinajstić information content (AvgIpc) is 3.39. The highest BCUT2D eigenvalue weighted by atomic mass is 19.4. The number of halogens is 3. The van der Waals surface area contributed by atoms with E-state index in [-0.39, 0.29) is 5.92 Å². The highest BCUT2D eigenvalue weighted by Crippen LogP contribution is 2.35. The summed E-state index contributed by atoms with van der Waals surface area (Å²) in [4.78, 5) is 19.1. The van der Waals surface area contributed by atoms with Crippen molar-refractivity contribution in [3.05, 3.63) is 42.2 Å². The summed E-state index contributed by atoms with van der Waals surface area (Å²) in [6.45, 7) is 0.697. The van der Waals surface area contributed by atoms with Crippen LogP contribution in [-0.2, 0) is 10.9 Å². The van der Waals surface area contributed by atoms with Gasteiger partial charge in [0.15, 0.2) is 11.9 Å². The van der Waals surface area contributed by atoms with E-state index in [9.17, 15) is 28.5 Å². The van der Waals surface area contributed by atoms with Gasteiger partial charge in [-0.25, -0.2) is 19.9 Å². The molecule has 182 valence electrons. The van der Waals surface area contributed by atoms with Crippen molar-refractivity contribution in [3.63, 3.8) is 0 Å². The van der Waals surface area contributed by atoms with Crippen molar-refractivity contribution in [2.45, 2.75) is 49.5 Å². The number of rotatable bonds is 4. The maximum atomic E-state index is 12.9. The summed E-state index contributed by atoms with van der Waals surface area (Å²) >= 11 is 0. The fourth-order valence-electron chi connectivity index (χ4n) is 4.61. The van der Waals surface area contributed by atoms with Crippen LogP contribution in [0.2, 0.25) is 0 Å². The molecule has 0 amide bonds. The topological polar surface area (TPSA) is 130 Å². The SMILES string of the molecule is OC[C@H]1O[C@@H](n2cnc3c(C4CCCN(c5ccc(C(F)(F)F)cn5)C4)ncnc32)[C@H](O)[C@@H]1O. The summed E-state index contributed by atoms with van der Waals surface area (Å²) < 4.78 is 45.7. The molecule has 5 atom stereocenters. The van der Waals surface area contributed by atoms with E-state index in [1.54, 1.807) is 0 Å². The molecule has 1 unspecified atom stereocenters. The number of aliphatic hydroxyl groups excluding tert-OH is 3. The molecule has 0 aromatic carbocycles. The van der Waals surface area contributed by atoms with Crippen LogP contribution in [0.3, 0.4) is 0 Å². The van der Waals surface area contributed by atoms with Gasteiger partial charge in [0, 0.05) is 25.2 Å². The van der Waals surface area contributed by atoms with Gasteiger partial charge in [-0.3, -0.25) is 4.57 Å². The van der Waals surface area contributed by atoms with Crippen LogP contribution in [0.1, 0.15) is 36.2 Å². The zero-order chi connectivity index (χ0) is 24.0. The second-order valence-electron chi connectivity index (χ2n) is 8.50. The number of nitrogens with zero attached hydrogens (tertiary/aromatic N) is 6. The maximum Gasteiger partial charge on any atom is 0.417 e. The van der Waals surface area contributed by atoms with E-state index >= 15 is 0 Å². The third-order valence-electron chi connectivity index (χ3n) is 6.39. The van der Waals surface area contributed by atoms with Gasteiger partial charge < -0.3 is 25.0 Å². The van der Waals surface area contributed by atoms with Crippen LogP contribution in [0.4, 0.5) is 19.0 Å². The molecule has 5 rings (SSSR count). The fourth-order valence-corrected chi connectivity index (χ4v) is 4.61. The van der Waals surface area contributed by atoms with E-state index in [2.05, 4.69) is 19.9 Å². The summed E-state index contributed by atoms with van der Waals surface area (Å²) in [6.07, 6.45) is -3.62. The molecular weight excluding hydrogens is 457 g/mol. The van der Waals surface area contributed by atoms with Gasteiger partial charge in [0.25, 0.3) is 0 Å². The number of imidazole rings is 1. The molecule has 0 radical (unpaired) electrons. The molecule has 34 heavy (non-hydrogen) atoms. The van der Waals surface area contributed by atoms with Gasteiger partial charge in [-0.1, -0.05) is 0 Å². The zero-order valence-corrected chi connectivity index (χ0v) is 17.9. The van der Waals surface area contributed by atoms with Gasteiger partial charge in [0.1, 0.15) is 36.0 Å². The van der Waals surface area contributed by atoms with Crippen LogP contribution in [0.15, 0.2) is 31.0 Å². The zero-order valence-electron chi connectivity index (χ0n) is 17.9. The van der Waals surface area contributed by atoms with Crippen molar-refractivity contribution in [2.24, 2.45) is 0 Å². The summed E-state index contributed by atoms with van der Waals surface area (Å²) in [7, 11) is 0. The number of pyridine rings is 1. The van der Waals surface area contributed by atoms with E-state index < -0.39 is 42.9 Å². The maximum absolute atomic E-state index is 12.9. The first-order chi connectivity index (χ1) is 16.3. The average molecular weight is 480 g/mol. The van der Waals surface area contributed by atoms with Crippen molar-refractivity contribution >= 4 is 17.0 Å². The molecule has 2 saturated heterocycles. The molecule has 2 aliphatic heterocycles. The van der Waals surface area contributed by atoms with Crippen LogP contribution in [-0.4, -0.2) is 77.8 Å². The number of anilines is 1. The lowest BCUT2D eigenvalue weighted by molar-refractivity contribution is -0.137. The molecule has 13 heteroatoms. The summed E-state index contributed by atoms with van der Waals surface area (Å²) in [5.74, 6) is 0.386. The Morgan fingerprint density at radius 3 is 2.59 bits per heavy atom. The minimum absolute atomic E-state index is 0.0723. The smallest absolute Gasteiger partial charge is 0.394 e. The van der Waals surface area contributed by atoms with Crippen molar-refractivity contribution in [1.82, 2.24) is 24.5 Å². The van der Waals surface area contributed by atoms with Crippen LogP contribution in [0, 0.1) is 0 Å². The second kappa shape index (κ2) is 8.73. The number of alkyl halides is 3. The van der Waals surface area contributed by atoms with E-state index in [4.69, 9.17) is 4.74 Å². The first kappa shape index (κ1) is 22.9. The van der Waals surface area contributed by atoms with Gasteiger partial charge >= 0.3 is 6.18 Å². The Morgan fingerprint density at radius 2 is 1.91 bits per heavy atom. The van der Waals surface area contributed by atoms with Crippen molar-refractivity contribution < 1.29 is 33.2 Å². The quantitative estimate of drug-likeness (QED) is 0.505. The van der Waals surface area contributed by atoms with Crippen LogP contribution >= 0.6 is 0 Å². The first-order valence-electron chi connectivity index (χ1n) is 10.9. The summed E-state index contributed by atoms with van der Waals surface area (Å²) in [6, 6.07) is 2.40. The predicted octanol–water partition coefficient (Wildman–Crippen LogP) is 1.24. The van der Waals surface area contributed by atoms with E-state index in [1.165, 1.54) is 23.3 Å². The fraction of sp³-hybridized carbons (Fsp3) is 0.524. The number of aliphatic hydroxyl groups is 3. The van der Waals surface area contributed by atoms with Crippen molar-refractivity contribution in [3.8, 4) is 0 Å². The number of hydrogen-bond acceptors (Lipinski definition) is 9. The molecule has 3 aromatic rings. The number of ether oxygens (including phenoxy) is 1. The van der Waals surface area contributed by atoms with Gasteiger partial charge in [0.2, 0.25) is 0 Å². The Hall–Kier alpha value is -2.87. The predicted molar refractivity (Wildman–Crippen MR) is 112 cm³/mol. The summed E-state index contributed by atoms with van der Waals surface area (Å²) in [5, 5.41) is 29.8. The molecule has 0 spiro atoms. The minimum Gasteiger partial charge on any atom is -0.394 e. The third kappa shape index (κ3) is 3.98. The lowest BCUT2D eigenvalue weighted by atomic mass is 9.94. The largest absolute Gasteiger partial charge is 0.417 e. The number of hydrogen-bond donors (Lipinski definition) is 3. The van der Waals surface area contributed by atoms with Crippen LogP contribution < -0.4 is 4.90 Å². The number of fused-ring (bicyclic) bond motifs is 1. The second-order valence-corrected chi connectivity index (χ2v) is 8.50. The van der Waals surface area contributed by atoms with Crippen LogP contribution in [0.5, 0.6) is 0 Å². The highest BCUT2D eigenvalue weighted by Gasteiger charge is 2.44. The normalized spacial score (nSPS) is 28.1. The molecule has 3 aromatic heterocycles. The van der Waals surface area contributed by atoms with Crippen molar-refractivity contribution in [2.75, 3.05) is 24.6 Å². The standard InChI is InChI=1S/C21H23F3N6O4/c22-21(23,24)12-3-4-14(25-6-12)29-5-1-2-11(7-29)15-16-19(27-9-26-15)30(10-28-16)20-18(33)17(32)13(8-31)34-20/h3-4,6,9-11,13,17-18,20,31-33H,1-2,5,7-8H2/t11?,13-,17-,18-,20-/m1/s1. The third-order valence-corrected chi connectivity index (χ3v) is 6.39. The van der Waals surface area contributed by atoms with E-state index in [0.717, 1.165) is 25.1 Å². The Morgan fingerprint density at radius 1 is 1.09 bits per heavy atom. The molecule has 0 aliphatic carbocycles. The monoisotopic (exact) mass is 480 g/mol. The lowest BCUT2D eigenvalue weighted by Crippen LogP contribution is -2.35. The highest BCUT2D eigenvalue weighted by molar-refractivity contribution is 5.74. The van der Waals surface area contributed by atoms with Gasteiger partial charge in [-0.05, 0) is 25.0 Å². The van der Waals surface area contributed by atoms with Gasteiger partial charge in [0.05, 0.1) is 24.2 Å². The molecule has 3 N–H and O–H groups in total. The lowest BCUT2D eigenvalue weighted by Gasteiger charge is -2.33. The molecule has 2 aliphatic rings. The first-order valence-corrected chi connectivity index (χ1v) is 10.9. The molecule has 0 bridgehead atoms. The van der Waals surface area contributed by atoms with Gasteiger partial charge in [-0.15, -0.1) is 0 Å². The minimum atomic E-state index is -4.44. The van der Waals surface area contributed by atoms with E-state index in [1.807, 2.05) is 4.90 Å². The Bertz CT molecular complexity index is 1160. The number of piperidine rings is 1. The van der Waals surface area contributed by atoms with E-state index in [0.29, 0.717) is 35.8 Å². The molecular formula is C21H23F3N6O4. The van der Waals surface area contributed by atoms with Crippen LogP contribution in [0.25, 0.3) is 11.2 Å². The molecule has 2 fully saturated rings. The van der Waals surface area contributed by atoms with Crippen molar-refractivity contribution in [1.29, 1.82) is 0 Å². The Labute approximate surface area is 191 Å². The molecule has 0 saturated carbocycles. The Kier molecular flexibility index (Phi) is 5.88. The Balaban J connectivity index is 1.40. The molecule has 5 heterocycles. The molecule has 10 nitrogen and oxygen atoms in total. The van der Waals surface area contributed by atoms with Gasteiger partial charge in [-0.2, -0.15) is 13.2 Å².